The number of fused-ring (bicyclic) bond motifs is 1. The number of benzene rings is 2. The summed E-state index contributed by atoms with van der Waals surface area (Å²) in [4.78, 5) is 17.1. The van der Waals surface area contributed by atoms with E-state index in [-0.39, 0.29) is 16.9 Å². The van der Waals surface area contributed by atoms with E-state index in [4.69, 9.17) is 0 Å². The number of nitrogens with one attached hydrogen (secondary N) is 1. The summed E-state index contributed by atoms with van der Waals surface area (Å²) in [6.45, 7) is 11.8. The molecular formula is C26H35N2O+. The van der Waals surface area contributed by atoms with Gasteiger partial charge in [0, 0.05) is 16.6 Å². The number of likely N-dealkylation sites (tertiary alicyclic amines) is 1. The molecule has 2 aromatic rings. The fraction of sp³-hybridized carbons (Fsp3) is 0.500. The monoisotopic (exact) mass is 391 g/mol. The summed E-state index contributed by atoms with van der Waals surface area (Å²) in [5.41, 5.74) is 4.64. The van der Waals surface area contributed by atoms with Crippen LogP contribution in [0.5, 0.6) is 0 Å². The molecule has 0 saturated carbocycles. The highest BCUT2D eigenvalue weighted by Crippen LogP contribution is 2.50. The number of carbonyl (C=O) groups is 1. The molecule has 4 rings (SSSR count). The van der Waals surface area contributed by atoms with Gasteiger partial charge in [-0.25, -0.2) is 0 Å². The third-order valence-corrected chi connectivity index (χ3v) is 7.00. The van der Waals surface area contributed by atoms with E-state index in [1.54, 1.807) is 0 Å². The van der Waals surface area contributed by atoms with Crippen LogP contribution in [0.2, 0.25) is 0 Å². The van der Waals surface area contributed by atoms with Gasteiger partial charge < -0.3 is 9.80 Å². The van der Waals surface area contributed by atoms with E-state index in [0.29, 0.717) is 6.54 Å². The minimum Gasteiger partial charge on any atom is -0.327 e. The average Bonchev–Trinajstić information content (AvgIpc) is 2.68. The minimum atomic E-state index is -0.237. The Morgan fingerprint density at radius 1 is 1.00 bits per heavy atom. The van der Waals surface area contributed by atoms with E-state index in [1.165, 1.54) is 40.9 Å². The number of hydrogen-bond acceptors (Lipinski definition) is 1. The van der Waals surface area contributed by atoms with Crippen molar-refractivity contribution in [2.45, 2.75) is 64.3 Å². The predicted molar refractivity (Wildman–Crippen MR) is 120 cm³/mol. The second-order valence-corrected chi connectivity index (χ2v) is 9.92. The molecule has 2 aromatic carbocycles. The van der Waals surface area contributed by atoms with Gasteiger partial charge in [0.15, 0.2) is 6.54 Å². The van der Waals surface area contributed by atoms with Crippen molar-refractivity contribution < 1.29 is 9.69 Å². The van der Waals surface area contributed by atoms with Crippen molar-refractivity contribution in [1.82, 2.24) is 0 Å². The predicted octanol–water partition coefficient (Wildman–Crippen LogP) is 3.89. The molecule has 1 atom stereocenters. The Kier molecular flexibility index (Phi) is 5.29. The van der Waals surface area contributed by atoms with Gasteiger partial charge in [-0.1, -0.05) is 55.0 Å². The van der Waals surface area contributed by atoms with Crippen LogP contribution in [0.15, 0.2) is 48.5 Å². The van der Waals surface area contributed by atoms with Gasteiger partial charge in [-0.2, -0.15) is 0 Å². The molecule has 0 spiro atoms. The summed E-state index contributed by atoms with van der Waals surface area (Å²) < 4.78 is 0. The van der Waals surface area contributed by atoms with Crippen molar-refractivity contribution >= 4 is 11.6 Å². The molecular weight excluding hydrogens is 356 g/mol. The van der Waals surface area contributed by atoms with Gasteiger partial charge in [-0.15, -0.1) is 0 Å². The molecule has 0 unspecified atom stereocenters. The van der Waals surface area contributed by atoms with Crippen LogP contribution in [0.3, 0.4) is 0 Å². The molecule has 1 N–H and O–H groups in total. The van der Waals surface area contributed by atoms with Crippen LogP contribution >= 0.6 is 0 Å². The summed E-state index contributed by atoms with van der Waals surface area (Å²) in [7, 11) is 0. The first-order valence-corrected chi connectivity index (χ1v) is 11.1. The number of quaternary nitrogens is 1. The number of carbonyl (C=O) groups excluding carboxylic acids is 1. The molecule has 3 nitrogen and oxygen atoms in total. The molecule has 1 saturated heterocycles. The molecule has 29 heavy (non-hydrogen) atoms. The normalized spacial score (nSPS) is 24.2. The Hall–Kier alpha value is -2.13. The Balaban J connectivity index is 1.75. The number of nitrogens with zero attached hydrogens (tertiary/aromatic N) is 1. The lowest BCUT2D eigenvalue weighted by atomic mass is 9.65. The van der Waals surface area contributed by atoms with E-state index in [9.17, 15) is 4.79 Å². The van der Waals surface area contributed by atoms with E-state index >= 15 is 0 Å². The van der Waals surface area contributed by atoms with Crippen LogP contribution in [-0.2, 0) is 10.2 Å². The molecule has 3 heteroatoms. The second kappa shape index (κ2) is 7.60. The van der Waals surface area contributed by atoms with Crippen LogP contribution in [0, 0.1) is 6.92 Å². The lowest BCUT2D eigenvalue weighted by Crippen LogP contribution is -3.14. The smallest absolute Gasteiger partial charge is 0.282 e. The van der Waals surface area contributed by atoms with Gasteiger partial charge in [0.25, 0.3) is 5.91 Å². The standard InChI is InChI=1S/C26H34N2O/c1-20-11-10-12-21(17-20)26(4)19-25(2,3)28(23-14-7-6-13-22(23)26)24(29)18-27-15-8-5-9-16-27/h6-7,10-14,17H,5,8-9,15-16,18-19H2,1-4H3/p+1/t26-/m1/s1. The van der Waals surface area contributed by atoms with Crippen molar-refractivity contribution in [1.29, 1.82) is 0 Å². The highest BCUT2D eigenvalue weighted by Gasteiger charge is 2.48. The molecule has 0 radical (unpaired) electrons. The number of anilines is 1. The number of para-hydroxylation sites is 1. The van der Waals surface area contributed by atoms with Crippen molar-refractivity contribution in [2.24, 2.45) is 0 Å². The van der Waals surface area contributed by atoms with Crippen LogP contribution < -0.4 is 9.80 Å². The van der Waals surface area contributed by atoms with Crippen LogP contribution in [0.25, 0.3) is 0 Å². The van der Waals surface area contributed by atoms with Crippen LogP contribution in [0.4, 0.5) is 5.69 Å². The summed E-state index contributed by atoms with van der Waals surface area (Å²) in [5.74, 6) is 0.269. The summed E-state index contributed by atoms with van der Waals surface area (Å²) in [6, 6.07) is 17.4. The number of piperidine rings is 1. The highest BCUT2D eigenvalue weighted by molar-refractivity contribution is 5.97. The maximum absolute atomic E-state index is 13.6. The first-order chi connectivity index (χ1) is 13.8. The minimum absolute atomic E-state index is 0.110. The maximum Gasteiger partial charge on any atom is 0.282 e. The van der Waals surface area contributed by atoms with Crippen molar-refractivity contribution in [3.8, 4) is 0 Å². The molecule has 2 aliphatic rings. The Morgan fingerprint density at radius 3 is 2.45 bits per heavy atom. The van der Waals surface area contributed by atoms with Gasteiger partial charge in [0.05, 0.1) is 13.1 Å². The first kappa shape index (κ1) is 20.2. The zero-order chi connectivity index (χ0) is 20.6. The van der Waals surface area contributed by atoms with Gasteiger partial charge in [-0.3, -0.25) is 4.79 Å². The van der Waals surface area contributed by atoms with E-state index in [0.717, 1.165) is 25.2 Å². The van der Waals surface area contributed by atoms with E-state index in [2.05, 4.69) is 81.1 Å². The van der Waals surface area contributed by atoms with Gasteiger partial charge in [0.2, 0.25) is 0 Å². The molecule has 1 amide bonds. The lowest BCUT2D eigenvalue weighted by Gasteiger charge is -2.51. The number of hydrogen-bond donors (Lipinski definition) is 1. The van der Waals surface area contributed by atoms with Crippen molar-refractivity contribution in [2.75, 3.05) is 24.5 Å². The van der Waals surface area contributed by atoms with Gasteiger partial charge >= 0.3 is 0 Å². The summed E-state index contributed by atoms with van der Waals surface area (Å²) in [6.07, 6.45) is 4.72. The SMILES string of the molecule is Cc1cccc([C@@]2(C)CC(C)(C)N(C(=O)C[NH+]3CCCCC3)c3ccccc32)c1. The Bertz CT molecular complexity index is 897. The third-order valence-electron chi connectivity index (χ3n) is 7.00. The first-order valence-electron chi connectivity index (χ1n) is 11.1. The topological polar surface area (TPSA) is 24.8 Å². The van der Waals surface area contributed by atoms with Gasteiger partial charge in [-0.05, 0) is 63.6 Å². The molecule has 154 valence electrons. The average molecular weight is 392 g/mol. The highest BCUT2D eigenvalue weighted by atomic mass is 16.2. The summed E-state index contributed by atoms with van der Waals surface area (Å²) in [5, 5.41) is 0. The third kappa shape index (κ3) is 3.73. The van der Waals surface area contributed by atoms with Crippen LogP contribution in [0.1, 0.15) is 63.1 Å². The molecule has 0 aromatic heterocycles. The van der Waals surface area contributed by atoms with E-state index < -0.39 is 0 Å². The largest absolute Gasteiger partial charge is 0.327 e. The van der Waals surface area contributed by atoms with Crippen molar-refractivity contribution in [3.05, 3.63) is 65.2 Å². The number of rotatable bonds is 3. The molecule has 0 aliphatic carbocycles. The quantitative estimate of drug-likeness (QED) is 0.844. The number of amides is 1. The summed E-state index contributed by atoms with van der Waals surface area (Å²) >= 11 is 0. The second-order valence-electron chi connectivity index (χ2n) is 9.92. The Labute approximate surface area is 175 Å². The number of aryl methyl sites for hydroxylation is 1. The van der Waals surface area contributed by atoms with E-state index in [1.807, 2.05) is 0 Å². The fourth-order valence-corrected chi connectivity index (χ4v) is 5.74. The zero-order valence-electron chi connectivity index (χ0n) is 18.4. The van der Waals surface area contributed by atoms with Gasteiger partial charge in [0.1, 0.15) is 0 Å². The fourth-order valence-electron chi connectivity index (χ4n) is 5.74. The lowest BCUT2D eigenvalue weighted by molar-refractivity contribution is -0.896. The molecule has 2 aliphatic heterocycles. The molecule has 2 heterocycles. The molecule has 1 fully saturated rings. The molecule has 0 bridgehead atoms. The Morgan fingerprint density at radius 2 is 1.72 bits per heavy atom. The maximum atomic E-state index is 13.6. The zero-order valence-corrected chi connectivity index (χ0v) is 18.4. The van der Waals surface area contributed by atoms with Crippen molar-refractivity contribution in [3.63, 3.8) is 0 Å². The van der Waals surface area contributed by atoms with Crippen LogP contribution in [-0.4, -0.2) is 31.1 Å².